The highest BCUT2D eigenvalue weighted by Crippen LogP contribution is 2.29. The summed E-state index contributed by atoms with van der Waals surface area (Å²) in [6.07, 6.45) is 2.98. The van der Waals surface area contributed by atoms with Crippen LogP contribution in [0.15, 0.2) is 23.1 Å². The molecule has 1 aromatic heterocycles. The van der Waals surface area contributed by atoms with Crippen LogP contribution in [0.1, 0.15) is 18.4 Å². The number of piperidine rings is 1. The predicted molar refractivity (Wildman–Crippen MR) is 94.4 cm³/mol. The first-order valence-corrected chi connectivity index (χ1v) is 8.55. The van der Waals surface area contributed by atoms with Gasteiger partial charge in [-0.15, -0.1) is 0 Å². The Kier molecular flexibility index (Phi) is 5.36. The molecule has 3 rings (SSSR count). The average molecular weight is 349 g/mol. The Morgan fingerprint density at radius 3 is 2.84 bits per heavy atom. The second-order valence-corrected chi connectivity index (χ2v) is 6.66. The van der Waals surface area contributed by atoms with Gasteiger partial charge < -0.3 is 25.5 Å². The molecule has 1 atom stereocenters. The first-order chi connectivity index (χ1) is 12.0. The van der Waals surface area contributed by atoms with E-state index in [0.717, 1.165) is 25.9 Å². The van der Waals surface area contributed by atoms with Crippen LogP contribution in [0, 0.1) is 12.7 Å². The van der Waals surface area contributed by atoms with Gasteiger partial charge in [0, 0.05) is 37.3 Å². The molecular weight excluding hydrogens is 325 g/mol. The number of benzene rings is 1. The number of aliphatic hydroxyl groups is 1. The lowest BCUT2D eigenvalue weighted by Crippen LogP contribution is -2.45. The number of aromatic amines is 1. The Labute approximate surface area is 145 Å². The van der Waals surface area contributed by atoms with E-state index in [1.807, 2.05) is 0 Å². The van der Waals surface area contributed by atoms with E-state index in [4.69, 9.17) is 15.6 Å². The van der Waals surface area contributed by atoms with Gasteiger partial charge in [0.25, 0.3) is 5.56 Å². The van der Waals surface area contributed by atoms with E-state index in [1.165, 1.54) is 12.3 Å². The maximum atomic E-state index is 14.8. The number of aromatic nitrogens is 1. The van der Waals surface area contributed by atoms with Crippen LogP contribution in [-0.4, -0.2) is 53.4 Å². The largest absolute Gasteiger partial charge is 0.487 e. The smallest absolute Gasteiger partial charge is 0.255 e. The molecule has 1 aliphatic rings. The number of fused-ring (bicyclic) bond motifs is 1. The fourth-order valence-electron chi connectivity index (χ4n) is 3.33. The zero-order valence-corrected chi connectivity index (χ0v) is 14.3. The number of hydrogen-bond acceptors (Lipinski definition) is 5. The van der Waals surface area contributed by atoms with Gasteiger partial charge in [-0.05, 0) is 37.5 Å². The summed E-state index contributed by atoms with van der Waals surface area (Å²) in [5.74, 6) is -0.294. The number of nitrogens with one attached hydrogen (secondary N) is 1. The minimum absolute atomic E-state index is 0.0305. The highest BCUT2D eigenvalue weighted by atomic mass is 19.1. The van der Waals surface area contributed by atoms with Crippen LogP contribution in [0.5, 0.6) is 5.75 Å². The lowest BCUT2D eigenvalue weighted by atomic mass is 10.1. The predicted octanol–water partition coefficient (Wildman–Crippen LogP) is 1.14. The second kappa shape index (κ2) is 7.51. The van der Waals surface area contributed by atoms with Crippen molar-refractivity contribution in [1.82, 2.24) is 9.88 Å². The third kappa shape index (κ3) is 3.84. The molecule has 0 bridgehead atoms. The van der Waals surface area contributed by atoms with Crippen molar-refractivity contribution in [2.24, 2.45) is 5.73 Å². The third-order valence-electron chi connectivity index (χ3n) is 4.72. The maximum Gasteiger partial charge on any atom is 0.255 e. The molecule has 0 amide bonds. The Hall–Kier alpha value is -1.96. The number of nitrogens with two attached hydrogens (primary N) is 1. The lowest BCUT2D eigenvalue weighted by Gasteiger charge is -2.33. The van der Waals surface area contributed by atoms with Gasteiger partial charge in [0.1, 0.15) is 6.10 Å². The number of nitrogens with zero attached hydrogens (tertiary/aromatic N) is 1. The number of rotatable bonds is 5. The summed E-state index contributed by atoms with van der Waals surface area (Å²) in [7, 11) is 0. The Balaban J connectivity index is 1.71. The minimum atomic E-state index is -0.481. The molecular formula is C18H24FN3O3. The number of halogens is 1. The van der Waals surface area contributed by atoms with Crippen molar-refractivity contribution in [3.05, 3.63) is 40.1 Å². The second-order valence-electron chi connectivity index (χ2n) is 6.66. The molecule has 2 aromatic rings. The van der Waals surface area contributed by atoms with Gasteiger partial charge in [-0.3, -0.25) is 4.79 Å². The summed E-state index contributed by atoms with van der Waals surface area (Å²) in [6, 6.07) is 2.89. The van der Waals surface area contributed by atoms with Crippen LogP contribution in [-0.2, 0) is 0 Å². The van der Waals surface area contributed by atoms with Crippen molar-refractivity contribution >= 4 is 10.8 Å². The van der Waals surface area contributed by atoms with Crippen LogP contribution in [0.2, 0.25) is 0 Å². The minimum Gasteiger partial charge on any atom is -0.487 e. The van der Waals surface area contributed by atoms with Crippen LogP contribution in [0.3, 0.4) is 0 Å². The maximum absolute atomic E-state index is 14.8. The summed E-state index contributed by atoms with van der Waals surface area (Å²) in [6.45, 7) is 3.97. The summed E-state index contributed by atoms with van der Waals surface area (Å²) >= 11 is 0. The Morgan fingerprint density at radius 1 is 1.44 bits per heavy atom. The van der Waals surface area contributed by atoms with Gasteiger partial charge in [-0.2, -0.15) is 0 Å². The SMILES string of the molecule is Cc1c[nH]c(=O)c2ccc(OC3CCN(CC(N)CO)CC3)c(F)c12. The van der Waals surface area contributed by atoms with E-state index in [0.29, 0.717) is 22.9 Å². The number of aryl methyl sites for hydroxylation is 1. The number of ether oxygens (including phenoxy) is 1. The molecule has 0 saturated carbocycles. The molecule has 25 heavy (non-hydrogen) atoms. The van der Waals surface area contributed by atoms with Crippen molar-refractivity contribution in [2.45, 2.75) is 31.9 Å². The van der Waals surface area contributed by atoms with Crippen molar-refractivity contribution in [2.75, 3.05) is 26.2 Å². The number of aliphatic hydroxyl groups excluding tert-OH is 1. The van der Waals surface area contributed by atoms with E-state index < -0.39 is 5.82 Å². The summed E-state index contributed by atoms with van der Waals surface area (Å²) < 4.78 is 20.7. The molecule has 0 spiro atoms. The molecule has 1 saturated heterocycles. The fraction of sp³-hybridized carbons (Fsp3) is 0.500. The first kappa shape index (κ1) is 17.8. The van der Waals surface area contributed by atoms with E-state index in [9.17, 15) is 9.18 Å². The summed E-state index contributed by atoms with van der Waals surface area (Å²) in [4.78, 5) is 16.6. The van der Waals surface area contributed by atoms with Gasteiger partial charge in [-0.1, -0.05) is 0 Å². The topological polar surface area (TPSA) is 91.6 Å². The molecule has 6 nitrogen and oxygen atoms in total. The van der Waals surface area contributed by atoms with E-state index in [2.05, 4.69) is 9.88 Å². The van der Waals surface area contributed by atoms with Crippen LogP contribution in [0.4, 0.5) is 4.39 Å². The van der Waals surface area contributed by atoms with Crippen molar-refractivity contribution in [3.8, 4) is 5.75 Å². The fourth-order valence-corrected chi connectivity index (χ4v) is 3.33. The zero-order valence-electron chi connectivity index (χ0n) is 14.3. The van der Waals surface area contributed by atoms with Crippen LogP contribution in [0.25, 0.3) is 10.8 Å². The molecule has 1 aromatic carbocycles. The number of H-pyrrole nitrogens is 1. The standard InChI is InChI=1S/C18H24FN3O3/c1-11-8-21-18(24)14-2-3-15(17(19)16(11)14)25-13-4-6-22(7-5-13)9-12(20)10-23/h2-3,8,12-13,23H,4-7,9-10,20H2,1H3,(H,21,24). The summed E-state index contributed by atoms with van der Waals surface area (Å²) in [5.41, 5.74) is 6.13. The Bertz CT molecular complexity index is 800. The molecule has 1 unspecified atom stereocenters. The van der Waals surface area contributed by atoms with Gasteiger partial charge in [0.15, 0.2) is 11.6 Å². The lowest BCUT2D eigenvalue weighted by molar-refractivity contribution is 0.0892. The monoisotopic (exact) mass is 349 g/mol. The molecule has 4 N–H and O–H groups in total. The molecule has 136 valence electrons. The molecule has 0 radical (unpaired) electrons. The van der Waals surface area contributed by atoms with Gasteiger partial charge in [-0.25, -0.2) is 4.39 Å². The number of hydrogen-bond donors (Lipinski definition) is 3. The highest BCUT2D eigenvalue weighted by Gasteiger charge is 2.23. The van der Waals surface area contributed by atoms with E-state index >= 15 is 0 Å². The van der Waals surface area contributed by atoms with Crippen molar-refractivity contribution in [3.63, 3.8) is 0 Å². The molecule has 0 aliphatic carbocycles. The molecule has 7 heteroatoms. The number of likely N-dealkylation sites (tertiary alicyclic amines) is 1. The van der Waals surface area contributed by atoms with Crippen molar-refractivity contribution < 1.29 is 14.2 Å². The van der Waals surface area contributed by atoms with Gasteiger partial charge in [0.05, 0.1) is 12.0 Å². The highest BCUT2D eigenvalue weighted by molar-refractivity contribution is 5.86. The Morgan fingerprint density at radius 2 is 2.16 bits per heavy atom. The number of pyridine rings is 1. The third-order valence-corrected chi connectivity index (χ3v) is 4.72. The average Bonchev–Trinajstić information content (AvgIpc) is 2.61. The normalized spacial score (nSPS) is 17.8. The zero-order chi connectivity index (χ0) is 18.0. The van der Waals surface area contributed by atoms with Crippen LogP contribution < -0.4 is 16.0 Å². The van der Waals surface area contributed by atoms with E-state index in [1.54, 1.807) is 13.0 Å². The van der Waals surface area contributed by atoms with Crippen molar-refractivity contribution in [1.29, 1.82) is 0 Å². The quantitative estimate of drug-likeness (QED) is 0.753. The van der Waals surface area contributed by atoms with Gasteiger partial charge >= 0.3 is 0 Å². The summed E-state index contributed by atoms with van der Waals surface area (Å²) in [5, 5.41) is 9.67. The molecule has 1 fully saturated rings. The van der Waals surface area contributed by atoms with Gasteiger partial charge in [0.2, 0.25) is 0 Å². The molecule has 1 aliphatic heterocycles. The molecule has 2 heterocycles. The van der Waals surface area contributed by atoms with E-state index in [-0.39, 0.29) is 30.1 Å². The van der Waals surface area contributed by atoms with Crippen LogP contribution >= 0.6 is 0 Å². The first-order valence-electron chi connectivity index (χ1n) is 8.55.